The largest absolute Gasteiger partial charge is 0.382 e. The molecule has 0 aliphatic carbocycles. The van der Waals surface area contributed by atoms with Crippen molar-refractivity contribution in [1.82, 2.24) is 20.3 Å². The van der Waals surface area contributed by atoms with Gasteiger partial charge in [-0.2, -0.15) is 0 Å². The highest BCUT2D eigenvalue weighted by molar-refractivity contribution is 5.60. The Morgan fingerprint density at radius 3 is 3.05 bits per heavy atom. The van der Waals surface area contributed by atoms with Crippen LogP contribution in [0.2, 0.25) is 0 Å². The lowest BCUT2D eigenvalue weighted by Crippen LogP contribution is -2.39. The first-order valence-corrected chi connectivity index (χ1v) is 6.86. The van der Waals surface area contributed by atoms with E-state index < -0.39 is 0 Å². The minimum atomic E-state index is 0.567. The molecule has 0 bridgehead atoms. The third-order valence-corrected chi connectivity index (χ3v) is 3.52. The molecule has 0 saturated carbocycles. The van der Waals surface area contributed by atoms with Crippen LogP contribution in [0.25, 0.3) is 5.69 Å². The van der Waals surface area contributed by atoms with E-state index in [4.69, 9.17) is 0 Å². The lowest BCUT2D eigenvalue weighted by atomic mass is 10.1. The summed E-state index contributed by atoms with van der Waals surface area (Å²) in [5.74, 6) is 0. The first kappa shape index (κ1) is 12.2. The zero-order chi connectivity index (χ0) is 12.9. The number of benzene rings is 1. The molecule has 19 heavy (non-hydrogen) atoms. The van der Waals surface area contributed by atoms with Gasteiger partial charge in [-0.05, 0) is 31.5 Å². The van der Waals surface area contributed by atoms with Crippen LogP contribution in [0.1, 0.15) is 19.3 Å². The van der Waals surface area contributed by atoms with E-state index in [9.17, 15) is 0 Å². The fourth-order valence-corrected chi connectivity index (χ4v) is 2.49. The van der Waals surface area contributed by atoms with Crippen LogP contribution in [-0.4, -0.2) is 34.1 Å². The fourth-order valence-electron chi connectivity index (χ4n) is 2.49. The highest BCUT2D eigenvalue weighted by Gasteiger charge is 2.13. The Morgan fingerprint density at radius 2 is 2.26 bits per heavy atom. The van der Waals surface area contributed by atoms with Gasteiger partial charge in [-0.3, -0.25) is 0 Å². The van der Waals surface area contributed by atoms with Crippen LogP contribution in [-0.2, 0) is 0 Å². The van der Waals surface area contributed by atoms with Gasteiger partial charge in [0.25, 0.3) is 0 Å². The normalized spacial score (nSPS) is 19.3. The topological polar surface area (TPSA) is 54.8 Å². The molecule has 1 aromatic carbocycles. The second-order valence-electron chi connectivity index (χ2n) is 4.89. The maximum Gasteiger partial charge on any atom is 0.0894 e. The van der Waals surface area contributed by atoms with Crippen molar-refractivity contribution in [2.24, 2.45) is 0 Å². The van der Waals surface area contributed by atoms with E-state index in [0.717, 1.165) is 24.5 Å². The highest BCUT2D eigenvalue weighted by atomic mass is 15.4. The summed E-state index contributed by atoms with van der Waals surface area (Å²) in [6.45, 7) is 2.09. The van der Waals surface area contributed by atoms with E-state index in [-0.39, 0.29) is 0 Å². The van der Waals surface area contributed by atoms with Crippen LogP contribution >= 0.6 is 0 Å². The summed E-state index contributed by atoms with van der Waals surface area (Å²) in [7, 11) is 0. The Bertz CT molecular complexity index is 502. The van der Waals surface area contributed by atoms with E-state index >= 15 is 0 Å². The number of piperidine rings is 1. The Kier molecular flexibility index (Phi) is 3.74. The van der Waals surface area contributed by atoms with Crippen molar-refractivity contribution < 1.29 is 0 Å². The van der Waals surface area contributed by atoms with Crippen molar-refractivity contribution >= 4 is 5.69 Å². The molecule has 1 atom stereocenters. The van der Waals surface area contributed by atoms with E-state index in [1.54, 1.807) is 10.9 Å². The average Bonchev–Trinajstić information content (AvgIpc) is 3.01. The molecule has 1 saturated heterocycles. The number of rotatable bonds is 4. The van der Waals surface area contributed by atoms with Crippen LogP contribution in [0.3, 0.4) is 0 Å². The van der Waals surface area contributed by atoms with Gasteiger partial charge in [0.1, 0.15) is 0 Å². The second-order valence-corrected chi connectivity index (χ2v) is 4.89. The molecule has 5 heteroatoms. The van der Waals surface area contributed by atoms with E-state index in [1.165, 1.54) is 19.3 Å². The molecule has 1 unspecified atom stereocenters. The number of hydrogen-bond acceptors (Lipinski definition) is 4. The second kappa shape index (κ2) is 5.84. The molecule has 2 heterocycles. The van der Waals surface area contributed by atoms with Gasteiger partial charge in [0.15, 0.2) is 0 Å². The van der Waals surface area contributed by atoms with Crippen LogP contribution in [0, 0.1) is 0 Å². The molecule has 2 N–H and O–H groups in total. The molecule has 1 aromatic heterocycles. The van der Waals surface area contributed by atoms with Gasteiger partial charge in [0.2, 0.25) is 0 Å². The first-order valence-electron chi connectivity index (χ1n) is 6.86. The summed E-state index contributed by atoms with van der Waals surface area (Å²) in [5, 5.41) is 15.0. The fraction of sp³-hybridized carbons (Fsp3) is 0.429. The van der Waals surface area contributed by atoms with Crippen molar-refractivity contribution in [3.05, 3.63) is 36.7 Å². The minimum Gasteiger partial charge on any atom is -0.382 e. The highest BCUT2D eigenvalue weighted by Crippen LogP contribution is 2.19. The monoisotopic (exact) mass is 257 g/mol. The summed E-state index contributed by atoms with van der Waals surface area (Å²) >= 11 is 0. The van der Waals surface area contributed by atoms with Gasteiger partial charge in [0, 0.05) is 12.6 Å². The summed E-state index contributed by atoms with van der Waals surface area (Å²) in [5.41, 5.74) is 2.14. The molecule has 1 aliphatic rings. The third kappa shape index (κ3) is 2.93. The SMILES string of the molecule is c1ccc(-n2ccnn2)c(NCC2CCCCN2)c1. The quantitative estimate of drug-likeness (QED) is 0.877. The molecular weight excluding hydrogens is 238 g/mol. The van der Waals surface area contributed by atoms with E-state index in [1.807, 2.05) is 24.4 Å². The Balaban J connectivity index is 1.70. The summed E-state index contributed by atoms with van der Waals surface area (Å²) in [6.07, 6.45) is 7.42. The molecule has 2 aromatic rings. The molecule has 5 nitrogen and oxygen atoms in total. The predicted octanol–water partition coefficient (Wildman–Crippen LogP) is 1.82. The summed E-state index contributed by atoms with van der Waals surface area (Å²) in [4.78, 5) is 0. The predicted molar refractivity (Wildman–Crippen MR) is 75.5 cm³/mol. The third-order valence-electron chi connectivity index (χ3n) is 3.52. The van der Waals surface area contributed by atoms with Gasteiger partial charge < -0.3 is 10.6 Å². The summed E-state index contributed by atoms with van der Waals surface area (Å²) < 4.78 is 1.79. The number of nitrogens with zero attached hydrogens (tertiary/aromatic N) is 3. The van der Waals surface area contributed by atoms with Gasteiger partial charge in [-0.1, -0.05) is 23.8 Å². The van der Waals surface area contributed by atoms with Crippen LogP contribution in [0.4, 0.5) is 5.69 Å². The smallest absolute Gasteiger partial charge is 0.0894 e. The Morgan fingerprint density at radius 1 is 1.32 bits per heavy atom. The maximum absolute atomic E-state index is 4.05. The Labute approximate surface area is 113 Å². The van der Waals surface area contributed by atoms with E-state index in [2.05, 4.69) is 27.0 Å². The minimum absolute atomic E-state index is 0.567. The molecule has 1 aliphatic heterocycles. The number of anilines is 1. The molecule has 0 radical (unpaired) electrons. The van der Waals surface area contributed by atoms with Crippen LogP contribution in [0.5, 0.6) is 0 Å². The Hall–Kier alpha value is -1.88. The molecule has 3 rings (SSSR count). The molecule has 0 amide bonds. The van der Waals surface area contributed by atoms with Crippen LogP contribution < -0.4 is 10.6 Å². The number of para-hydroxylation sites is 2. The molecule has 0 spiro atoms. The number of aromatic nitrogens is 3. The van der Waals surface area contributed by atoms with Gasteiger partial charge in [-0.15, -0.1) is 5.10 Å². The van der Waals surface area contributed by atoms with Crippen LogP contribution in [0.15, 0.2) is 36.7 Å². The summed E-state index contributed by atoms with van der Waals surface area (Å²) in [6, 6.07) is 8.75. The average molecular weight is 257 g/mol. The van der Waals surface area contributed by atoms with Crippen molar-refractivity contribution in [2.75, 3.05) is 18.4 Å². The zero-order valence-electron chi connectivity index (χ0n) is 10.9. The number of nitrogens with one attached hydrogen (secondary N) is 2. The van der Waals surface area contributed by atoms with Gasteiger partial charge in [-0.25, -0.2) is 4.68 Å². The molecule has 1 fully saturated rings. The lowest BCUT2D eigenvalue weighted by Gasteiger charge is -2.24. The maximum atomic E-state index is 4.05. The van der Waals surface area contributed by atoms with Crippen molar-refractivity contribution in [3.63, 3.8) is 0 Å². The number of hydrogen-bond donors (Lipinski definition) is 2. The van der Waals surface area contributed by atoms with E-state index in [0.29, 0.717) is 6.04 Å². The first-order chi connectivity index (χ1) is 9.43. The molecule has 100 valence electrons. The lowest BCUT2D eigenvalue weighted by molar-refractivity contribution is 0.414. The zero-order valence-corrected chi connectivity index (χ0v) is 10.9. The standard InChI is InChI=1S/C14H19N5/c1-2-7-14(19-10-9-17-18-19)13(6-1)16-11-12-5-3-4-8-15-12/h1-2,6-7,9-10,12,15-16H,3-5,8,11H2. The van der Waals surface area contributed by atoms with Gasteiger partial charge >= 0.3 is 0 Å². The van der Waals surface area contributed by atoms with Gasteiger partial charge in [0.05, 0.1) is 23.8 Å². The molecular formula is C14H19N5. The van der Waals surface area contributed by atoms with Crippen molar-refractivity contribution in [1.29, 1.82) is 0 Å². The van der Waals surface area contributed by atoms with Crippen molar-refractivity contribution in [2.45, 2.75) is 25.3 Å². The van der Waals surface area contributed by atoms with Crippen molar-refractivity contribution in [3.8, 4) is 5.69 Å².